The number of benzene rings is 2. The maximum atomic E-state index is 15.1. The number of likely N-dealkylation sites (tertiary alicyclic amines) is 1. The number of esters is 1. The molecule has 3 amide bonds. The van der Waals surface area contributed by atoms with Crippen LogP contribution in [0.3, 0.4) is 0 Å². The Balaban J connectivity index is 1.39. The average Bonchev–Trinajstić information content (AvgIpc) is 3.76. The first-order chi connectivity index (χ1) is 25.2. The van der Waals surface area contributed by atoms with Crippen LogP contribution in [0.25, 0.3) is 0 Å². The van der Waals surface area contributed by atoms with Crippen molar-refractivity contribution in [2.24, 2.45) is 11.8 Å². The molecule has 2 N–H and O–H groups in total. The zero-order valence-corrected chi connectivity index (χ0v) is 31.4. The molecule has 11 heteroatoms. The van der Waals surface area contributed by atoms with Crippen LogP contribution in [0.2, 0.25) is 0 Å². The number of fused-ring (bicyclic) bond motifs is 1. The second-order valence-electron chi connectivity index (χ2n) is 14.5. The molecule has 2 bridgehead atoms. The van der Waals surface area contributed by atoms with Gasteiger partial charge in [-0.3, -0.25) is 19.2 Å². The third-order valence-corrected chi connectivity index (χ3v) is 12.2. The number of carbonyl (C=O) groups is 4. The molecule has 10 nitrogen and oxygen atoms in total. The molecular weight excluding hydrogens is 726 g/mol. The molecule has 3 aliphatic heterocycles. The quantitative estimate of drug-likeness (QED) is 0.138. The molecule has 52 heavy (non-hydrogen) atoms. The Morgan fingerprint density at radius 3 is 2.33 bits per heavy atom. The molecule has 1 saturated carbocycles. The molecule has 4 aliphatic rings. The molecular formula is C41H50BrN3O7. The Kier molecular flexibility index (Phi) is 12.0. The zero-order valence-electron chi connectivity index (χ0n) is 29.8. The monoisotopic (exact) mass is 775 g/mol. The average molecular weight is 777 g/mol. The summed E-state index contributed by atoms with van der Waals surface area (Å²) in [4.78, 5) is 60.5. The predicted octanol–water partition coefficient (Wildman–Crippen LogP) is 5.57. The molecule has 9 atom stereocenters. The Morgan fingerprint density at radius 2 is 1.71 bits per heavy atom. The number of rotatable bonds is 15. The number of ether oxygens (including phenoxy) is 2. The minimum atomic E-state index is -1.35. The van der Waals surface area contributed by atoms with Gasteiger partial charge in [0.15, 0.2) is 0 Å². The number of aliphatic hydroxyl groups is 1. The van der Waals surface area contributed by atoms with Crippen LogP contribution >= 0.6 is 15.9 Å². The van der Waals surface area contributed by atoms with Crippen molar-refractivity contribution >= 4 is 39.6 Å². The molecule has 3 saturated heterocycles. The summed E-state index contributed by atoms with van der Waals surface area (Å²) in [5.41, 5.74) is 0.0142. The van der Waals surface area contributed by atoms with Crippen LogP contribution in [-0.4, -0.2) is 86.4 Å². The summed E-state index contributed by atoms with van der Waals surface area (Å²) in [7, 11) is 0. The highest BCUT2D eigenvalue weighted by atomic mass is 79.9. The van der Waals surface area contributed by atoms with E-state index >= 15 is 9.59 Å². The Bertz CT molecular complexity index is 1620. The second kappa shape index (κ2) is 16.5. The van der Waals surface area contributed by atoms with Gasteiger partial charge in [-0.2, -0.15) is 0 Å². The number of amides is 3. The van der Waals surface area contributed by atoms with Crippen molar-refractivity contribution in [3.05, 3.63) is 97.1 Å². The first-order valence-electron chi connectivity index (χ1n) is 18.5. The Morgan fingerprint density at radius 1 is 1.06 bits per heavy atom. The van der Waals surface area contributed by atoms with Crippen molar-refractivity contribution in [3.63, 3.8) is 0 Å². The van der Waals surface area contributed by atoms with Gasteiger partial charge in [0.1, 0.15) is 17.7 Å². The lowest BCUT2D eigenvalue weighted by Gasteiger charge is -2.42. The number of hydrogen-bond acceptors (Lipinski definition) is 7. The van der Waals surface area contributed by atoms with Crippen LogP contribution < -0.4 is 5.32 Å². The number of allylic oxidation sites excluding steroid dienone is 1. The largest absolute Gasteiger partial charge is 0.455 e. The Labute approximate surface area is 314 Å². The number of nitrogens with zero attached hydrogens (tertiary/aromatic N) is 2. The van der Waals surface area contributed by atoms with E-state index in [-0.39, 0.29) is 29.1 Å². The summed E-state index contributed by atoms with van der Waals surface area (Å²) >= 11 is 3.77. The number of nitrogens with one attached hydrogen (secondary N) is 1. The molecule has 2 aromatic carbocycles. The summed E-state index contributed by atoms with van der Waals surface area (Å²) in [6.45, 7) is 9.31. The predicted molar refractivity (Wildman–Crippen MR) is 200 cm³/mol. The van der Waals surface area contributed by atoms with E-state index in [4.69, 9.17) is 9.47 Å². The van der Waals surface area contributed by atoms with E-state index in [1.54, 1.807) is 19.1 Å². The number of aliphatic hydroxyl groups excluding tert-OH is 1. The van der Waals surface area contributed by atoms with Crippen LogP contribution in [0.5, 0.6) is 0 Å². The van der Waals surface area contributed by atoms with Gasteiger partial charge in [-0.25, -0.2) is 0 Å². The summed E-state index contributed by atoms with van der Waals surface area (Å²) < 4.78 is 13.1. The van der Waals surface area contributed by atoms with Gasteiger partial charge >= 0.3 is 5.97 Å². The van der Waals surface area contributed by atoms with Gasteiger partial charge in [0, 0.05) is 23.8 Å². The fourth-order valence-corrected chi connectivity index (χ4v) is 9.97. The summed E-state index contributed by atoms with van der Waals surface area (Å²) in [5.74, 6) is -3.60. The number of halogens is 1. The van der Waals surface area contributed by atoms with E-state index in [2.05, 4.69) is 34.4 Å². The van der Waals surface area contributed by atoms with E-state index in [1.165, 1.54) is 4.90 Å². The number of carbonyl (C=O) groups excluding carboxylic acids is 4. The first-order valence-corrected chi connectivity index (χ1v) is 19.4. The van der Waals surface area contributed by atoms with Gasteiger partial charge in [-0.05, 0) is 43.7 Å². The molecule has 4 fully saturated rings. The van der Waals surface area contributed by atoms with Crippen LogP contribution in [0.4, 0.5) is 0 Å². The minimum Gasteiger partial charge on any atom is -0.455 e. The number of alkyl halides is 1. The maximum Gasteiger partial charge on any atom is 0.313 e. The normalized spacial score (nSPS) is 28.4. The van der Waals surface area contributed by atoms with Crippen LogP contribution in [0.15, 0.2) is 86.0 Å². The third-order valence-electron chi connectivity index (χ3n) is 11.3. The highest BCUT2D eigenvalue weighted by Crippen LogP contribution is 2.61. The molecule has 278 valence electrons. The minimum absolute atomic E-state index is 0.0232. The molecule has 1 aliphatic carbocycles. The van der Waals surface area contributed by atoms with Crippen molar-refractivity contribution in [2.45, 2.75) is 105 Å². The van der Waals surface area contributed by atoms with E-state index in [1.807, 2.05) is 65.6 Å². The van der Waals surface area contributed by atoms with Gasteiger partial charge in [0.25, 0.3) is 0 Å². The lowest BCUT2D eigenvalue weighted by atomic mass is 9.70. The van der Waals surface area contributed by atoms with E-state index in [0.29, 0.717) is 30.5 Å². The first kappa shape index (κ1) is 37.9. The lowest BCUT2D eigenvalue weighted by Crippen LogP contribution is -2.59. The Hall–Kier alpha value is -3.80. The topological polar surface area (TPSA) is 125 Å². The van der Waals surface area contributed by atoms with Crippen molar-refractivity contribution in [3.8, 4) is 0 Å². The fourth-order valence-electron chi connectivity index (χ4n) is 9.03. The zero-order chi connectivity index (χ0) is 37.0. The lowest BCUT2D eigenvalue weighted by molar-refractivity contribution is -0.162. The van der Waals surface area contributed by atoms with E-state index in [0.717, 1.165) is 32.1 Å². The van der Waals surface area contributed by atoms with Crippen LogP contribution in [0, 0.1) is 11.8 Å². The maximum absolute atomic E-state index is 15.1. The highest BCUT2D eigenvalue weighted by molar-refractivity contribution is 9.09. The third kappa shape index (κ3) is 7.11. The van der Waals surface area contributed by atoms with Gasteiger partial charge in [0.2, 0.25) is 17.7 Å². The molecule has 1 unspecified atom stereocenters. The van der Waals surface area contributed by atoms with Gasteiger partial charge in [-0.15, -0.1) is 13.2 Å². The summed E-state index contributed by atoms with van der Waals surface area (Å²) in [6.07, 6.45) is 7.67. The number of hydrogen-bond donors (Lipinski definition) is 2. The SMILES string of the molecule is C=CCCC(=O)N[C@@H](C)[C@H](OC(=O)[C@H]1[C@@H]2O[C@@]3(CC2Br)[C@@H]1C(=O)N([C@H](CO)c1ccccc1)[C@@H]3C(=O)N(CC=C)C1CCCCC1)c1ccccc1. The fraction of sp³-hybridized carbons (Fsp3) is 0.512. The van der Waals surface area contributed by atoms with Crippen molar-refractivity contribution < 1.29 is 33.8 Å². The second-order valence-corrected chi connectivity index (χ2v) is 15.7. The standard InChI is InChI=1S/C41H50BrN3O7/c1-4-6-22-32(47)43-26(3)35(28-18-12-8-13-19-28)51-40(50)33-34-38(48)45(31(25-46)27-16-10-7-11-17-27)37(41(34)24-30(42)36(33)52-41)39(49)44(23-5-2)29-20-14-9-15-21-29/h4-5,7-8,10-13,16-19,26,29-31,33-37,46H,1-2,6,9,14-15,20-25H2,3H3,(H,43,47)/t26-,30?,31+,33+,34-,35-,36+,37+,41-/m0/s1. The smallest absolute Gasteiger partial charge is 0.313 e. The van der Waals surface area contributed by atoms with E-state index < -0.39 is 66.3 Å². The van der Waals surface area contributed by atoms with Gasteiger partial charge < -0.3 is 29.7 Å². The van der Waals surface area contributed by atoms with Crippen molar-refractivity contribution in [1.82, 2.24) is 15.1 Å². The summed E-state index contributed by atoms with van der Waals surface area (Å²) in [6, 6.07) is 15.8. The summed E-state index contributed by atoms with van der Waals surface area (Å²) in [5, 5.41) is 13.9. The molecule has 6 rings (SSSR count). The van der Waals surface area contributed by atoms with Gasteiger partial charge in [0.05, 0.1) is 36.6 Å². The van der Waals surface area contributed by atoms with E-state index in [9.17, 15) is 14.7 Å². The molecule has 0 radical (unpaired) electrons. The molecule has 2 aromatic rings. The van der Waals surface area contributed by atoms with Gasteiger partial charge in [-0.1, -0.05) is 108 Å². The molecule has 3 heterocycles. The highest BCUT2D eigenvalue weighted by Gasteiger charge is 2.78. The molecule has 0 aromatic heterocycles. The molecule has 1 spiro atoms. The van der Waals surface area contributed by atoms with Crippen molar-refractivity contribution in [2.75, 3.05) is 13.2 Å². The van der Waals surface area contributed by atoms with Crippen LogP contribution in [-0.2, 0) is 28.7 Å². The van der Waals surface area contributed by atoms with Crippen LogP contribution in [0.1, 0.15) is 81.6 Å². The van der Waals surface area contributed by atoms with Crippen molar-refractivity contribution in [1.29, 1.82) is 0 Å².